The van der Waals surface area contributed by atoms with Crippen molar-refractivity contribution in [3.63, 3.8) is 0 Å². The molecule has 6 nitrogen and oxygen atoms in total. The molecule has 1 aliphatic rings. The molecule has 0 atom stereocenters. The monoisotopic (exact) mass is 563 g/mol. The van der Waals surface area contributed by atoms with Crippen LogP contribution in [-0.4, -0.2) is 73.4 Å². The third-order valence-electron chi connectivity index (χ3n) is 5.18. The molecule has 0 radical (unpaired) electrons. The zero-order valence-corrected chi connectivity index (χ0v) is 19.6. The molecule has 1 aliphatic heterocycles. The number of morpholine rings is 1. The van der Waals surface area contributed by atoms with Crippen LogP contribution in [0, 0.1) is 21.0 Å². The largest absolute Gasteiger partial charge is 0.395 e. The van der Waals surface area contributed by atoms with E-state index >= 15 is 0 Å². The van der Waals surface area contributed by atoms with Crippen LogP contribution in [-0.2, 0) is 4.74 Å². The quantitative estimate of drug-likeness (QED) is 0.457. The zero-order chi connectivity index (χ0) is 23.1. The first kappa shape index (κ1) is 24.7. The molecule has 174 valence electrons. The van der Waals surface area contributed by atoms with E-state index in [0.717, 1.165) is 25.7 Å². The average molecular weight is 563 g/mol. The van der Waals surface area contributed by atoms with Gasteiger partial charge < -0.3 is 20.1 Å². The van der Waals surface area contributed by atoms with Gasteiger partial charge in [-0.05, 0) is 59.3 Å². The molecule has 1 amide bonds. The van der Waals surface area contributed by atoms with Gasteiger partial charge in [-0.25, -0.2) is 13.2 Å². The number of aliphatic hydroxyl groups is 1. The van der Waals surface area contributed by atoms with Crippen molar-refractivity contribution in [3.05, 3.63) is 56.9 Å². The first-order chi connectivity index (χ1) is 15.4. The zero-order valence-electron chi connectivity index (χ0n) is 17.4. The van der Waals surface area contributed by atoms with Gasteiger partial charge in [-0.2, -0.15) is 0 Å². The lowest BCUT2D eigenvalue weighted by atomic mass is 10.1. The Hall–Kier alpha value is -1.89. The fourth-order valence-corrected chi connectivity index (χ4v) is 3.95. The maximum Gasteiger partial charge on any atom is 0.256 e. The minimum atomic E-state index is -1.27. The van der Waals surface area contributed by atoms with Crippen LogP contribution in [0.15, 0.2) is 30.3 Å². The van der Waals surface area contributed by atoms with E-state index in [1.54, 1.807) is 6.07 Å². The minimum Gasteiger partial charge on any atom is -0.395 e. The molecule has 2 N–H and O–H groups in total. The Morgan fingerprint density at radius 1 is 1.12 bits per heavy atom. The highest BCUT2D eigenvalue weighted by Gasteiger charge is 2.24. The van der Waals surface area contributed by atoms with E-state index in [9.17, 15) is 23.1 Å². The SMILES string of the molecule is O=C(c1ccc(F)c(F)c1Nc1ccc(I)cc1F)N(CCO)CCCN1CCOCC1. The standard InChI is InChI=1S/C22H25F3IN3O3/c23-17-4-3-16(21(20(17)25)27-19-5-2-15(26)14-18(19)24)22(31)29(8-11-30)7-1-6-28-9-12-32-13-10-28/h2-5,14,27,30H,1,6-13H2. The first-order valence-electron chi connectivity index (χ1n) is 10.3. The van der Waals surface area contributed by atoms with E-state index in [-0.39, 0.29) is 24.4 Å². The summed E-state index contributed by atoms with van der Waals surface area (Å²) >= 11 is 1.93. The number of ether oxygens (including phenoxy) is 1. The number of carbonyl (C=O) groups excluding carboxylic acids is 1. The van der Waals surface area contributed by atoms with Gasteiger partial charge >= 0.3 is 0 Å². The number of benzene rings is 2. The van der Waals surface area contributed by atoms with Crippen molar-refractivity contribution in [2.75, 3.05) is 57.9 Å². The van der Waals surface area contributed by atoms with E-state index in [1.165, 1.54) is 23.1 Å². The topological polar surface area (TPSA) is 65.0 Å². The Kier molecular flexibility index (Phi) is 9.14. The molecule has 0 spiro atoms. The Balaban J connectivity index is 1.80. The summed E-state index contributed by atoms with van der Waals surface area (Å²) in [5.74, 6) is -3.66. The highest BCUT2D eigenvalue weighted by molar-refractivity contribution is 14.1. The third-order valence-corrected chi connectivity index (χ3v) is 5.85. The van der Waals surface area contributed by atoms with Crippen LogP contribution in [0.2, 0.25) is 0 Å². The first-order valence-corrected chi connectivity index (χ1v) is 11.4. The predicted molar refractivity (Wildman–Crippen MR) is 124 cm³/mol. The number of anilines is 2. The molecule has 2 aromatic rings. The van der Waals surface area contributed by atoms with E-state index < -0.39 is 29.0 Å². The highest BCUT2D eigenvalue weighted by Crippen LogP contribution is 2.29. The summed E-state index contributed by atoms with van der Waals surface area (Å²) in [6.45, 7) is 3.79. The number of hydrogen-bond donors (Lipinski definition) is 2. The Bertz CT molecular complexity index is 942. The molecule has 1 heterocycles. The second kappa shape index (κ2) is 11.8. The number of halogens is 4. The van der Waals surface area contributed by atoms with E-state index in [4.69, 9.17) is 4.74 Å². The summed E-state index contributed by atoms with van der Waals surface area (Å²) in [4.78, 5) is 16.8. The molecule has 1 fully saturated rings. The summed E-state index contributed by atoms with van der Waals surface area (Å²) in [5, 5.41) is 12.0. The molecule has 0 bridgehead atoms. The molecule has 2 aromatic carbocycles. The minimum absolute atomic E-state index is 0.0400. The lowest BCUT2D eigenvalue weighted by molar-refractivity contribution is 0.0354. The van der Waals surface area contributed by atoms with Gasteiger partial charge in [0.15, 0.2) is 11.6 Å². The van der Waals surface area contributed by atoms with Crippen LogP contribution in [0.5, 0.6) is 0 Å². The van der Waals surface area contributed by atoms with Crippen molar-refractivity contribution in [3.8, 4) is 0 Å². The Morgan fingerprint density at radius 3 is 2.56 bits per heavy atom. The van der Waals surface area contributed by atoms with Gasteiger partial charge in [-0.3, -0.25) is 9.69 Å². The molecule has 1 saturated heterocycles. The lowest BCUT2D eigenvalue weighted by Crippen LogP contribution is -2.40. The fraction of sp³-hybridized carbons (Fsp3) is 0.409. The van der Waals surface area contributed by atoms with Crippen molar-refractivity contribution in [1.29, 1.82) is 0 Å². The average Bonchev–Trinajstić information content (AvgIpc) is 2.78. The number of nitrogens with zero attached hydrogens (tertiary/aromatic N) is 2. The van der Waals surface area contributed by atoms with Gasteiger partial charge in [-0.1, -0.05) is 0 Å². The second-order valence-corrected chi connectivity index (χ2v) is 8.60. The van der Waals surface area contributed by atoms with Gasteiger partial charge in [-0.15, -0.1) is 0 Å². The number of hydrogen-bond acceptors (Lipinski definition) is 5. The molecule has 0 aromatic heterocycles. The molecule has 10 heteroatoms. The fourth-order valence-electron chi connectivity index (χ4n) is 3.49. The van der Waals surface area contributed by atoms with Crippen molar-refractivity contribution in [2.24, 2.45) is 0 Å². The second-order valence-electron chi connectivity index (χ2n) is 7.36. The number of amides is 1. The molecule has 3 rings (SSSR count). The van der Waals surface area contributed by atoms with Crippen molar-refractivity contribution in [2.45, 2.75) is 6.42 Å². The van der Waals surface area contributed by atoms with Crippen molar-refractivity contribution >= 4 is 39.9 Å². The third kappa shape index (κ3) is 6.33. The maximum absolute atomic E-state index is 14.7. The summed E-state index contributed by atoms with van der Waals surface area (Å²) in [5.41, 5.74) is -0.655. The Labute approximate surface area is 198 Å². The summed E-state index contributed by atoms with van der Waals surface area (Å²) < 4.78 is 48.9. The van der Waals surface area contributed by atoms with Crippen LogP contribution >= 0.6 is 22.6 Å². The van der Waals surface area contributed by atoms with Gasteiger partial charge in [0, 0.05) is 36.3 Å². The van der Waals surface area contributed by atoms with Crippen LogP contribution in [0.25, 0.3) is 0 Å². The van der Waals surface area contributed by atoms with E-state index in [1.807, 2.05) is 22.6 Å². The lowest BCUT2D eigenvalue weighted by Gasteiger charge is -2.28. The summed E-state index contributed by atoms with van der Waals surface area (Å²) in [6.07, 6.45) is 0.643. The van der Waals surface area contributed by atoms with Crippen LogP contribution in [0.4, 0.5) is 24.5 Å². The van der Waals surface area contributed by atoms with E-state index in [2.05, 4.69) is 10.2 Å². The summed E-state index contributed by atoms with van der Waals surface area (Å²) in [6, 6.07) is 6.27. The van der Waals surface area contributed by atoms with Crippen molar-refractivity contribution in [1.82, 2.24) is 9.80 Å². The van der Waals surface area contributed by atoms with Crippen LogP contribution in [0.3, 0.4) is 0 Å². The van der Waals surface area contributed by atoms with Gasteiger partial charge in [0.1, 0.15) is 5.82 Å². The van der Waals surface area contributed by atoms with Gasteiger partial charge in [0.05, 0.1) is 36.8 Å². The Morgan fingerprint density at radius 2 is 1.88 bits per heavy atom. The maximum atomic E-state index is 14.7. The van der Waals surface area contributed by atoms with Crippen molar-refractivity contribution < 1.29 is 27.8 Å². The van der Waals surface area contributed by atoms with Gasteiger partial charge in [0.2, 0.25) is 0 Å². The molecular weight excluding hydrogens is 538 g/mol. The number of nitrogens with one attached hydrogen (secondary N) is 1. The number of rotatable bonds is 9. The predicted octanol–water partition coefficient (Wildman–Crippen LogP) is 3.61. The number of carbonyl (C=O) groups is 1. The number of aliphatic hydroxyl groups excluding tert-OH is 1. The molecule has 32 heavy (non-hydrogen) atoms. The van der Waals surface area contributed by atoms with Crippen LogP contribution < -0.4 is 5.32 Å². The smallest absolute Gasteiger partial charge is 0.256 e. The molecule has 0 aliphatic carbocycles. The summed E-state index contributed by atoms with van der Waals surface area (Å²) in [7, 11) is 0. The highest BCUT2D eigenvalue weighted by atomic mass is 127. The van der Waals surface area contributed by atoms with Crippen LogP contribution in [0.1, 0.15) is 16.8 Å². The molecule has 0 saturated carbocycles. The molecular formula is C22H25F3IN3O3. The molecule has 0 unspecified atom stereocenters. The van der Waals surface area contributed by atoms with Gasteiger partial charge in [0.25, 0.3) is 5.91 Å². The van der Waals surface area contributed by atoms with E-state index in [0.29, 0.717) is 29.7 Å². The normalized spacial score (nSPS) is 14.4.